The molecule has 23 heavy (non-hydrogen) atoms. The van der Waals surface area contributed by atoms with E-state index < -0.39 is 5.82 Å². The van der Waals surface area contributed by atoms with E-state index in [2.05, 4.69) is 9.97 Å². The number of aryl methyl sites for hydroxylation is 1. The minimum absolute atomic E-state index is 0.0610. The number of nitriles is 2. The van der Waals surface area contributed by atoms with E-state index in [1.165, 1.54) is 16.8 Å². The largest absolute Gasteiger partial charge is 0.439 e. The second-order valence-corrected chi connectivity index (χ2v) is 4.76. The van der Waals surface area contributed by atoms with E-state index in [4.69, 9.17) is 9.68 Å². The summed E-state index contributed by atoms with van der Waals surface area (Å²) in [5.74, 6) is 0.696. The first kappa shape index (κ1) is 14.5. The summed E-state index contributed by atoms with van der Waals surface area (Å²) < 4.78 is 20.9. The highest BCUT2D eigenvalue weighted by Crippen LogP contribution is 2.24. The van der Waals surface area contributed by atoms with Gasteiger partial charge in [-0.15, -0.1) is 0 Å². The van der Waals surface area contributed by atoms with Crippen LogP contribution in [0.5, 0.6) is 0 Å². The van der Waals surface area contributed by atoms with E-state index in [1.54, 1.807) is 25.1 Å². The number of nitrogens with zero attached hydrogens (tertiary/aromatic N) is 5. The van der Waals surface area contributed by atoms with Gasteiger partial charge in [0.15, 0.2) is 17.1 Å². The smallest absolute Gasteiger partial charge is 0.214 e. The fourth-order valence-electron chi connectivity index (χ4n) is 2.25. The van der Waals surface area contributed by atoms with Gasteiger partial charge < -0.3 is 8.98 Å². The third-order valence-corrected chi connectivity index (χ3v) is 3.36. The molecule has 6 nitrogen and oxygen atoms in total. The Morgan fingerprint density at radius 1 is 1.26 bits per heavy atom. The Balaban J connectivity index is 1.95. The molecule has 2 aromatic heterocycles. The van der Waals surface area contributed by atoms with Crippen molar-refractivity contribution in [2.24, 2.45) is 0 Å². The zero-order chi connectivity index (χ0) is 16.4. The normalized spacial score (nSPS) is 10.3. The fraction of sp³-hybridized carbons (Fsp3) is 0.125. The Morgan fingerprint density at radius 2 is 2.04 bits per heavy atom. The number of imidazole rings is 1. The lowest BCUT2D eigenvalue weighted by atomic mass is 10.2. The number of hydrogen-bond donors (Lipinski definition) is 0. The molecule has 0 aliphatic heterocycles. The number of aromatic nitrogens is 3. The molecule has 0 fully saturated rings. The van der Waals surface area contributed by atoms with Crippen LogP contribution in [0.3, 0.4) is 0 Å². The molecule has 0 N–H and O–H groups in total. The van der Waals surface area contributed by atoms with Crippen LogP contribution in [0.4, 0.5) is 4.39 Å². The second-order valence-electron chi connectivity index (χ2n) is 4.76. The number of oxazole rings is 1. The maximum atomic E-state index is 13.8. The molecule has 0 saturated heterocycles. The third kappa shape index (κ3) is 2.56. The molecule has 0 aliphatic rings. The van der Waals surface area contributed by atoms with E-state index in [0.29, 0.717) is 23.0 Å². The van der Waals surface area contributed by atoms with Gasteiger partial charge in [0.2, 0.25) is 5.89 Å². The predicted molar refractivity (Wildman–Crippen MR) is 77.4 cm³/mol. The lowest BCUT2D eigenvalue weighted by Gasteiger charge is -2.03. The Morgan fingerprint density at radius 3 is 2.74 bits per heavy atom. The van der Waals surface area contributed by atoms with E-state index >= 15 is 0 Å². The first-order valence-electron chi connectivity index (χ1n) is 6.71. The summed E-state index contributed by atoms with van der Waals surface area (Å²) in [6.45, 7) is 1.82. The van der Waals surface area contributed by atoms with Crippen LogP contribution in [0.1, 0.15) is 23.1 Å². The van der Waals surface area contributed by atoms with Crippen molar-refractivity contribution in [1.29, 1.82) is 10.5 Å². The molecule has 2 heterocycles. The fourth-order valence-corrected chi connectivity index (χ4v) is 2.25. The van der Waals surface area contributed by atoms with Crippen LogP contribution in [0.25, 0.3) is 11.3 Å². The molecule has 0 radical (unpaired) electrons. The minimum Gasteiger partial charge on any atom is -0.439 e. The second kappa shape index (κ2) is 5.74. The first-order valence-corrected chi connectivity index (χ1v) is 6.71. The minimum atomic E-state index is -0.404. The van der Waals surface area contributed by atoms with E-state index in [1.807, 2.05) is 12.1 Å². The molecular formula is C16H10FN5O. The molecule has 0 amide bonds. The quantitative estimate of drug-likeness (QED) is 0.742. The van der Waals surface area contributed by atoms with Gasteiger partial charge in [-0.3, -0.25) is 0 Å². The Bertz CT molecular complexity index is 958. The van der Waals surface area contributed by atoms with Crippen molar-refractivity contribution in [3.8, 4) is 23.5 Å². The summed E-state index contributed by atoms with van der Waals surface area (Å²) in [4.78, 5) is 8.13. The van der Waals surface area contributed by atoms with Crippen molar-refractivity contribution in [3.63, 3.8) is 0 Å². The Hall–Kier alpha value is -3.45. The molecule has 0 unspecified atom stereocenters. The predicted octanol–water partition coefficient (Wildman–Crippen LogP) is 2.78. The molecule has 0 bridgehead atoms. The van der Waals surface area contributed by atoms with Gasteiger partial charge in [0, 0.05) is 0 Å². The lowest BCUT2D eigenvalue weighted by Crippen LogP contribution is -2.05. The number of benzene rings is 1. The Kier molecular flexibility index (Phi) is 3.62. The van der Waals surface area contributed by atoms with Crippen molar-refractivity contribution in [2.75, 3.05) is 0 Å². The first-order chi connectivity index (χ1) is 11.1. The molecule has 7 heteroatoms. The standard InChI is InChI=1S/C16H10FN5O/c1-10-21-13(6-18)14(7-19)22(10)9-16-20-8-15(23-16)11-4-2-3-5-12(11)17/h2-5,8H,9H2,1H3. The third-order valence-electron chi connectivity index (χ3n) is 3.36. The van der Waals surface area contributed by atoms with Crippen LogP contribution in [0.15, 0.2) is 34.9 Å². The van der Waals surface area contributed by atoms with Gasteiger partial charge in [0.05, 0.1) is 11.8 Å². The van der Waals surface area contributed by atoms with Crippen LogP contribution in [0, 0.1) is 35.4 Å². The maximum Gasteiger partial charge on any atom is 0.214 e. The van der Waals surface area contributed by atoms with Crippen LogP contribution < -0.4 is 0 Å². The highest BCUT2D eigenvalue weighted by atomic mass is 19.1. The van der Waals surface area contributed by atoms with Crippen LogP contribution in [-0.4, -0.2) is 14.5 Å². The van der Waals surface area contributed by atoms with Gasteiger partial charge in [0.25, 0.3) is 0 Å². The molecule has 3 aromatic rings. The van der Waals surface area contributed by atoms with Crippen molar-refractivity contribution in [3.05, 3.63) is 59.4 Å². The van der Waals surface area contributed by atoms with E-state index in [-0.39, 0.29) is 17.9 Å². The van der Waals surface area contributed by atoms with Crippen LogP contribution >= 0.6 is 0 Å². The van der Waals surface area contributed by atoms with Gasteiger partial charge in [-0.05, 0) is 19.1 Å². The summed E-state index contributed by atoms with van der Waals surface area (Å²) in [6, 6.07) is 10.1. The number of hydrogen-bond acceptors (Lipinski definition) is 5. The molecule has 0 saturated carbocycles. The van der Waals surface area contributed by atoms with Crippen molar-refractivity contribution in [2.45, 2.75) is 13.5 Å². The molecule has 112 valence electrons. The molecule has 3 rings (SSSR count). The van der Waals surface area contributed by atoms with Crippen molar-refractivity contribution >= 4 is 0 Å². The van der Waals surface area contributed by atoms with E-state index in [0.717, 1.165) is 0 Å². The average Bonchev–Trinajstić information content (AvgIpc) is 3.13. The summed E-state index contributed by atoms with van der Waals surface area (Å²) in [6.07, 6.45) is 1.43. The molecular weight excluding hydrogens is 297 g/mol. The zero-order valence-electron chi connectivity index (χ0n) is 12.1. The van der Waals surface area contributed by atoms with Gasteiger partial charge >= 0.3 is 0 Å². The SMILES string of the molecule is Cc1nc(C#N)c(C#N)n1Cc1ncc(-c2ccccc2F)o1. The number of rotatable bonds is 3. The maximum absolute atomic E-state index is 13.8. The Labute approximate surface area is 131 Å². The van der Waals surface area contributed by atoms with Crippen molar-refractivity contribution in [1.82, 2.24) is 14.5 Å². The number of halogens is 1. The summed E-state index contributed by atoms with van der Waals surface area (Å²) in [5.41, 5.74) is 0.522. The lowest BCUT2D eigenvalue weighted by molar-refractivity contribution is 0.482. The van der Waals surface area contributed by atoms with Crippen molar-refractivity contribution < 1.29 is 8.81 Å². The van der Waals surface area contributed by atoms with Crippen LogP contribution in [-0.2, 0) is 6.54 Å². The molecule has 0 atom stereocenters. The highest BCUT2D eigenvalue weighted by Gasteiger charge is 2.17. The summed E-state index contributed by atoms with van der Waals surface area (Å²) in [5, 5.41) is 18.2. The summed E-state index contributed by atoms with van der Waals surface area (Å²) >= 11 is 0. The summed E-state index contributed by atoms with van der Waals surface area (Å²) in [7, 11) is 0. The van der Waals surface area contributed by atoms with Gasteiger partial charge in [0.1, 0.15) is 30.3 Å². The molecule has 1 aromatic carbocycles. The van der Waals surface area contributed by atoms with Gasteiger partial charge in [-0.1, -0.05) is 12.1 Å². The highest BCUT2D eigenvalue weighted by molar-refractivity contribution is 5.56. The van der Waals surface area contributed by atoms with Gasteiger partial charge in [-0.2, -0.15) is 10.5 Å². The average molecular weight is 307 g/mol. The zero-order valence-corrected chi connectivity index (χ0v) is 12.1. The van der Waals surface area contributed by atoms with Gasteiger partial charge in [-0.25, -0.2) is 14.4 Å². The molecule has 0 spiro atoms. The van der Waals surface area contributed by atoms with E-state index in [9.17, 15) is 9.65 Å². The topological polar surface area (TPSA) is 91.4 Å². The van der Waals surface area contributed by atoms with Crippen LogP contribution in [0.2, 0.25) is 0 Å². The molecule has 0 aliphatic carbocycles. The monoisotopic (exact) mass is 307 g/mol.